The van der Waals surface area contributed by atoms with Crippen LogP contribution in [0.15, 0.2) is 22.0 Å². The Morgan fingerprint density at radius 3 is 2.92 bits per heavy atom. The van der Waals surface area contributed by atoms with Crippen molar-refractivity contribution < 1.29 is 9.18 Å². The van der Waals surface area contributed by atoms with Crippen molar-refractivity contribution in [1.29, 1.82) is 0 Å². The maximum absolute atomic E-state index is 13.2. The maximum Gasteiger partial charge on any atom is 0.150 e. The van der Waals surface area contributed by atoms with Crippen LogP contribution in [-0.2, 0) is 0 Å². The first-order chi connectivity index (χ1) is 6.24. The van der Waals surface area contributed by atoms with Crippen LogP contribution < -0.4 is 0 Å². The predicted molar refractivity (Wildman–Crippen MR) is 54.9 cm³/mol. The number of halogens is 2. The van der Waals surface area contributed by atoms with Crippen LogP contribution in [-0.4, -0.2) is 6.29 Å². The largest absolute Gasteiger partial charge is 0.298 e. The average molecular weight is 259 g/mol. The number of rotatable bonds is 1. The molecular formula is C9H4BrFOS. The first-order valence-corrected chi connectivity index (χ1v) is 5.21. The molecule has 1 nitrogen and oxygen atoms in total. The number of hydrogen-bond acceptors (Lipinski definition) is 2. The van der Waals surface area contributed by atoms with Crippen LogP contribution >= 0.6 is 27.3 Å². The van der Waals surface area contributed by atoms with Crippen molar-refractivity contribution in [3.05, 3.63) is 33.4 Å². The van der Waals surface area contributed by atoms with Crippen LogP contribution in [0.4, 0.5) is 4.39 Å². The van der Waals surface area contributed by atoms with Gasteiger partial charge in [-0.2, -0.15) is 0 Å². The summed E-state index contributed by atoms with van der Waals surface area (Å²) in [6, 6.07) is 3.36. The van der Waals surface area contributed by atoms with Gasteiger partial charge in [0.1, 0.15) is 5.82 Å². The third-order valence-corrected chi connectivity index (χ3v) is 3.70. The highest BCUT2D eigenvalue weighted by Gasteiger charge is 2.10. The summed E-state index contributed by atoms with van der Waals surface area (Å²) >= 11 is 4.59. The fourth-order valence-corrected chi connectivity index (χ4v) is 2.67. The number of aldehydes is 1. The van der Waals surface area contributed by atoms with E-state index < -0.39 is 0 Å². The fraction of sp³-hybridized carbons (Fsp3) is 0. The van der Waals surface area contributed by atoms with Gasteiger partial charge in [-0.1, -0.05) is 0 Å². The van der Waals surface area contributed by atoms with Gasteiger partial charge in [0.2, 0.25) is 0 Å². The van der Waals surface area contributed by atoms with E-state index in [9.17, 15) is 9.18 Å². The molecule has 0 radical (unpaired) electrons. The Morgan fingerprint density at radius 2 is 2.23 bits per heavy atom. The summed E-state index contributed by atoms with van der Waals surface area (Å²) in [5.41, 5.74) is 0.400. The van der Waals surface area contributed by atoms with Gasteiger partial charge in [0.15, 0.2) is 6.29 Å². The lowest BCUT2D eigenvalue weighted by molar-refractivity contribution is 0.112. The highest BCUT2D eigenvalue weighted by Crippen LogP contribution is 2.33. The van der Waals surface area contributed by atoms with E-state index in [1.165, 1.54) is 16.7 Å². The SMILES string of the molecule is O=Cc1ccc(Br)c2scc(F)c12. The molecule has 66 valence electrons. The average Bonchev–Trinajstić information content (AvgIpc) is 2.51. The number of thiophene rings is 1. The van der Waals surface area contributed by atoms with Gasteiger partial charge in [0, 0.05) is 20.8 Å². The molecule has 0 spiro atoms. The molecule has 13 heavy (non-hydrogen) atoms. The van der Waals surface area contributed by atoms with Gasteiger partial charge >= 0.3 is 0 Å². The van der Waals surface area contributed by atoms with E-state index in [2.05, 4.69) is 15.9 Å². The molecule has 0 unspecified atom stereocenters. The summed E-state index contributed by atoms with van der Waals surface area (Å²) in [7, 11) is 0. The van der Waals surface area contributed by atoms with E-state index in [-0.39, 0.29) is 5.82 Å². The number of hydrogen-bond donors (Lipinski definition) is 0. The van der Waals surface area contributed by atoms with Crippen LogP contribution in [0.25, 0.3) is 10.1 Å². The number of carbonyl (C=O) groups excluding carboxylic acids is 1. The Hall–Kier alpha value is -0.740. The third-order valence-electron chi connectivity index (χ3n) is 1.79. The van der Waals surface area contributed by atoms with Gasteiger partial charge in [0.05, 0.1) is 4.70 Å². The summed E-state index contributed by atoms with van der Waals surface area (Å²) < 4.78 is 14.8. The van der Waals surface area contributed by atoms with Crippen LogP contribution in [0, 0.1) is 5.82 Å². The molecular weight excluding hydrogens is 255 g/mol. The minimum Gasteiger partial charge on any atom is -0.298 e. The van der Waals surface area contributed by atoms with Gasteiger partial charge in [-0.25, -0.2) is 4.39 Å². The predicted octanol–water partition coefficient (Wildman–Crippen LogP) is 3.62. The second-order valence-electron chi connectivity index (χ2n) is 2.54. The first-order valence-electron chi connectivity index (χ1n) is 3.54. The number of fused-ring (bicyclic) bond motifs is 1. The van der Waals surface area contributed by atoms with Crippen molar-refractivity contribution >= 4 is 43.6 Å². The Morgan fingerprint density at radius 1 is 1.46 bits per heavy atom. The van der Waals surface area contributed by atoms with Crippen molar-refractivity contribution in [2.45, 2.75) is 0 Å². The fourth-order valence-electron chi connectivity index (χ4n) is 1.20. The molecule has 0 amide bonds. The zero-order chi connectivity index (χ0) is 9.42. The minimum atomic E-state index is -0.330. The molecule has 2 aromatic rings. The van der Waals surface area contributed by atoms with Gasteiger partial charge in [-0.3, -0.25) is 4.79 Å². The quantitative estimate of drug-likeness (QED) is 0.715. The lowest BCUT2D eigenvalue weighted by atomic mass is 10.1. The molecule has 2 rings (SSSR count). The summed E-state index contributed by atoms with van der Waals surface area (Å²) in [6.07, 6.45) is 0.671. The lowest BCUT2D eigenvalue weighted by Gasteiger charge is -1.96. The van der Waals surface area contributed by atoms with Gasteiger partial charge in [-0.05, 0) is 28.1 Å². The molecule has 0 aliphatic rings. The van der Waals surface area contributed by atoms with E-state index in [1.807, 2.05) is 0 Å². The van der Waals surface area contributed by atoms with Gasteiger partial charge in [0.25, 0.3) is 0 Å². The summed E-state index contributed by atoms with van der Waals surface area (Å²) in [4.78, 5) is 10.6. The summed E-state index contributed by atoms with van der Waals surface area (Å²) in [6.45, 7) is 0. The molecule has 0 bridgehead atoms. The van der Waals surface area contributed by atoms with Crippen molar-refractivity contribution in [2.75, 3.05) is 0 Å². The molecule has 1 aromatic carbocycles. The molecule has 1 heterocycles. The smallest absolute Gasteiger partial charge is 0.150 e. The van der Waals surface area contributed by atoms with E-state index in [0.29, 0.717) is 17.2 Å². The number of benzene rings is 1. The molecule has 4 heteroatoms. The van der Waals surface area contributed by atoms with Crippen LogP contribution in [0.2, 0.25) is 0 Å². The molecule has 0 aliphatic carbocycles. The second-order valence-corrected chi connectivity index (χ2v) is 4.28. The highest BCUT2D eigenvalue weighted by atomic mass is 79.9. The first kappa shape index (κ1) is 8.84. The highest BCUT2D eigenvalue weighted by molar-refractivity contribution is 9.10. The topological polar surface area (TPSA) is 17.1 Å². The maximum atomic E-state index is 13.2. The Balaban J connectivity index is 2.96. The standard InChI is InChI=1S/C9H4BrFOS/c10-6-2-1-5(3-12)8-7(11)4-13-9(6)8/h1-4H. The van der Waals surface area contributed by atoms with Crippen molar-refractivity contribution in [1.82, 2.24) is 0 Å². The van der Waals surface area contributed by atoms with E-state index in [0.717, 1.165) is 9.17 Å². The monoisotopic (exact) mass is 258 g/mol. The normalized spacial score (nSPS) is 10.6. The Labute approximate surface area is 86.3 Å². The molecule has 0 saturated carbocycles. The molecule has 0 aliphatic heterocycles. The lowest BCUT2D eigenvalue weighted by Crippen LogP contribution is -1.82. The summed E-state index contributed by atoms with van der Waals surface area (Å²) in [5.74, 6) is -0.330. The number of carbonyl (C=O) groups is 1. The Bertz CT molecular complexity index is 478. The van der Waals surface area contributed by atoms with Gasteiger partial charge in [-0.15, -0.1) is 11.3 Å². The van der Waals surface area contributed by atoms with Crippen molar-refractivity contribution in [3.63, 3.8) is 0 Å². The zero-order valence-corrected chi connectivity index (χ0v) is 8.78. The van der Waals surface area contributed by atoms with Crippen LogP contribution in [0.1, 0.15) is 10.4 Å². The molecule has 0 N–H and O–H groups in total. The summed E-state index contributed by atoms with van der Waals surface area (Å²) in [5, 5.41) is 1.82. The molecule has 0 saturated heterocycles. The Kier molecular flexibility index (Phi) is 2.17. The van der Waals surface area contributed by atoms with Crippen LogP contribution in [0.5, 0.6) is 0 Å². The molecule has 0 fully saturated rings. The van der Waals surface area contributed by atoms with Gasteiger partial charge < -0.3 is 0 Å². The van der Waals surface area contributed by atoms with Crippen LogP contribution in [0.3, 0.4) is 0 Å². The molecule has 1 aromatic heterocycles. The third kappa shape index (κ3) is 1.30. The second kappa shape index (κ2) is 3.20. The van der Waals surface area contributed by atoms with Crippen molar-refractivity contribution in [2.24, 2.45) is 0 Å². The van der Waals surface area contributed by atoms with E-state index in [1.54, 1.807) is 12.1 Å². The van der Waals surface area contributed by atoms with E-state index in [4.69, 9.17) is 0 Å². The zero-order valence-electron chi connectivity index (χ0n) is 6.38. The molecule has 0 atom stereocenters. The van der Waals surface area contributed by atoms with Crippen molar-refractivity contribution in [3.8, 4) is 0 Å². The van der Waals surface area contributed by atoms with E-state index >= 15 is 0 Å². The minimum absolute atomic E-state index is 0.330.